The standard InChI is InChI=1S/C58H42O5S2/c59-57(61-53(55-47-29-13-9-21-39(47)40-22-10-14-30-48(40)55)33-51-43-25-5-1-17-35(43)36-18-2-6-26-44(36)51)64-63-65-58(60)62-54(56-49-31-15-11-23-41(49)42-24-12-16-32-50(42)56)34-52-45-27-7-3-19-37(45)38-20-4-8-28-46(38)52/h1-32,51-56H,33-34H2. The summed E-state index contributed by atoms with van der Waals surface area (Å²) in [6, 6.07) is 67.7. The van der Waals surface area contributed by atoms with E-state index in [1.165, 1.54) is 44.5 Å². The molecule has 4 aliphatic carbocycles. The molecular formula is C58H42O5S2. The molecule has 0 spiro atoms. The van der Waals surface area contributed by atoms with Crippen molar-refractivity contribution in [2.75, 3.05) is 0 Å². The van der Waals surface area contributed by atoms with E-state index in [9.17, 15) is 9.59 Å². The molecular weight excluding hydrogens is 841 g/mol. The molecule has 2 unspecified atom stereocenters. The Balaban J connectivity index is 0.813. The third kappa shape index (κ3) is 6.92. The van der Waals surface area contributed by atoms with Gasteiger partial charge in [0.2, 0.25) is 0 Å². The third-order valence-electron chi connectivity index (χ3n) is 14.1. The Morgan fingerprint density at radius 2 is 0.554 bits per heavy atom. The summed E-state index contributed by atoms with van der Waals surface area (Å²) in [6.45, 7) is 0. The molecule has 316 valence electrons. The van der Waals surface area contributed by atoms with Crippen molar-refractivity contribution < 1.29 is 22.7 Å². The molecule has 0 bridgehead atoms. The largest absolute Gasteiger partial charge is 0.452 e. The van der Waals surface area contributed by atoms with Crippen LogP contribution in [0.4, 0.5) is 9.59 Å². The fourth-order valence-electron chi connectivity index (χ4n) is 11.5. The van der Waals surface area contributed by atoms with Gasteiger partial charge in [-0.2, -0.15) is 0 Å². The summed E-state index contributed by atoms with van der Waals surface area (Å²) in [7, 11) is 0. The molecule has 0 fully saturated rings. The third-order valence-corrected chi connectivity index (χ3v) is 15.1. The summed E-state index contributed by atoms with van der Waals surface area (Å²) >= 11 is 1.07. The number of hydrogen-bond acceptors (Lipinski definition) is 7. The molecule has 2 atom stereocenters. The van der Waals surface area contributed by atoms with Crippen molar-refractivity contribution in [1.29, 1.82) is 0 Å². The Bertz CT molecular complexity index is 2770. The van der Waals surface area contributed by atoms with Gasteiger partial charge in [0.05, 0.1) is 0 Å². The first kappa shape index (κ1) is 39.9. The lowest BCUT2D eigenvalue weighted by atomic mass is 9.83. The average molecular weight is 883 g/mol. The molecule has 7 heteroatoms. The first-order chi connectivity index (χ1) is 32.1. The van der Waals surface area contributed by atoms with E-state index in [2.05, 4.69) is 194 Å². The molecule has 8 aromatic carbocycles. The molecule has 4 aliphatic rings. The van der Waals surface area contributed by atoms with Gasteiger partial charge in [-0.25, -0.2) is 13.2 Å². The van der Waals surface area contributed by atoms with Crippen molar-refractivity contribution in [1.82, 2.24) is 0 Å². The maximum absolute atomic E-state index is 14.1. The quantitative estimate of drug-likeness (QED) is 0.100. The van der Waals surface area contributed by atoms with Crippen LogP contribution in [0.5, 0.6) is 0 Å². The first-order valence-corrected chi connectivity index (χ1v) is 23.7. The zero-order chi connectivity index (χ0) is 43.4. The summed E-state index contributed by atoms with van der Waals surface area (Å²) in [5.74, 6) is -0.379. The first-order valence-electron chi connectivity index (χ1n) is 22.3. The van der Waals surface area contributed by atoms with Crippen LogP contribution < -0.4 is 0 Å². The number of fused-ring (bicyclic) bond motifs is 12. The van der Waals surface area contributed by atoms with E-state index in [0.29, 0.717) is 36.9 Å². The minimum atomic E-state index is -0.619. The summed E-state index contributed by atoms with van der Waals surface area (Å²) in [5, 5.41) is -1.24. The Morgan fingerprint density at radius 1 is 0.338 bits per heavy atom. The van der Waals surface area contributed by atoms with Crippen molar-refractivity contribution in [2.45, 2.75) is 48.7 Å². The second-order valence-corrected chi connectivity index (χ2v) is 18.8. The van der Waals surface area contributed by atoms with E-state index in [-0.39, 0.29) is 23.7 Å². The van der Waals surface area contributed by atoms with Crippen LogP contribution in [0.25, 0.3) is 44.5 Å². The number of hydrogen-bond donors (Lipinski definition) is 0. The zero-order valence-corrected chi connectivity index (χ0v) is 36.8. The lowest BCUT2D eigenvalue weighted by Gasteiger charge is -2.29. The summed E-state index contributed by atoms with van der Waals surface area (Å²) in [5.41, 5.74) is 18.8. The lowest BCUT2D eigenvalue weighted by Crippen LogP contribution is -2.27. The van der Waals surface area contributed by atoms with Crippen LogP contribution in [0.3, 0.4) is 0 Å². The molecule has 0 amide bonds. The van der Waals surface area contributed by atoms with Crippen LogP contribution >= 0.6 is 24.1 Å². The van der Waals surface area contributed by atoms with Gasteiger partial charge in [-0.3, -0.25) is 0 Å². The highest BCUT2D eigenvalue weighted by Crippen LogP contribution is 2.54. The Kier molecular flexibility index (Phi) is 10.3. The Hall–Kier alpha value is -6.64. The summed E-state index contributed by atoms with van der Waals surface area (Å²) < 4.78 is 18.9. The zero-order valence-electron chi connectivity index (χ0n) is 35.2. The van der Waals surface area contributed by atoms with Crippen LogP contribution in [0.15, 0.2) is 194 Å². The van der Waals surface area contributed by atoms with Gasteiger partial charge in [0.25, 0.3) is 0 Å². The van der Waals surface area contributed by atoms with Gasteiger partial charge in [-0.1, -0.05) is 194 Å². The van der Waals surface area contributed by atoms with E-state index in [4.69, 9.17) is 13.1 Å². The van der Waals surface area contributed by atoms with Crippen molar-refractivity contribution in [3.05, 3.63) is 239 Å². The second kappa shape index (κ2) is 16.7. The Labute approximate surface area is 387 Å². The second-order valence-electron chi connectivity index (χ2n) is 17.3. The van der Waals surface area contributed by atoms with Crippen LogP contribution in [-0.2, 0) is 13.1 Å². The van der Waals surface area contributed by atoms with Crippen molar-refractivity contribution in [3.8, 4) is 44.5 Å². The van der Waals surface area contributed by atoms with Gasteiger partial charge < -0.3 is 9.47 Å². The molecule has 0 N–H and O–H groups in total. The molecule has 0 radical (unpaired) electrons. The number of carbonyl (C=O) groups excluding carboxylic acids is 2. The highest BCUT2D eigenvalue weighted by atomic mass is 32.2. The van der Waals surface area contributed by atoms with Gasteiger partial charge in [0.15, 0.2) is 0 Å². The van der Waals surface area contributed by atoms with Gasteiger partial charge in [-0.15, -0.1) is 0 Å². The van der Waals surface area contributed by atoms with E-state index in [0.717, 1.165) is 44.5 Å². The molecule has 0 aliphatic heterocycles. The fourth-order valence-corrected chi connectivity index (χ4v) is 12.5. The predicted molar refractivity (Wildman–Crippen MR) is 261 cm³/mol. The predicted octanol–water partition coefficient (Wildman–Crippen LogP) is 15.3. The smallest absolute Gasteiger partial charge is 0.396 e. The highest BCUT2D eigenvalue weighted by molar-refractivity contribution is 8.21. The van der Waals surface area contributed by atoms with Gasteiger partial charge in [0, 0.05) is 23.7 Å². The minimum Gasteiger partial charge on any atom is -0.452 e. The molecule has 12 rings (SSSR count). The van der Waals surface area contributed by atoms with Gasteiger partial charge >= 0.3 is 10.6 Å². The van der Waals surface area contributed by atoms with Crippen molar-refractivity contribution in [2.24, 2.45) is 0 Å². The monoisotopic (exact) mass is 882 g/mol. The number of carbonyl (C=O) groups is 2. The maximum atomic E-state index is 14.1. The van der Waals surface area contributed by atoms with E-state index < -0.39 is 22.8 Å². The van der Waals surface area contributed by atoms with Crippen LogP contribution in [0.2, 0.25) is 0 Å². The Morgan fingerprint density at radius 3 is 0.815 bits per heavy atom. The molecule has 65 heavy (non-hydrogen) atoms. The van der Waals surface area contributed by atoms with Crippen LogP contribution in [0.1, 0.15) is 81.0 Å². The molecule has 0 aromatic heterocycles. The maximum Gasteiger partial charge on any atom is 0.396 e. The van der Waals surface area contributed by atoms with E-state index in [1.807, 2.05) is 0 Å². The molecule has 0 heterocycles. The normalized spacial score (nSPS) is 15.1. The fraction of sp³-hybridized carbons (Fsp3) is 0.138. The SMILES string of the molecule is O=C(OC(CC1c2ccccc2-c2ccccc21)C1c2ccccc2-c2ccccc21)SOSC(=O)OC(CC1c2ccccc2-c2ccccc21)C1c2ccccc2-c2ccccc21. The van der Waals surface area contributed by atoms with Crippen molar-refractivity contribution >= 4 is 34.7 Å². The molecule has 8 aromatic rings. The van der Waals surface area contributed by atoms with Crippen molar-refractivity contribution in [3.63, 3.8) is 0 Å². The molecule has 5 nitrogen and oxygen atoms in total. The van der Waals surface area contributed by atoms with E-state index >= 15 is 0 Å². The van der Waals surface area contributed by atoms with Gasteiger partial charge in [-0.05, 0) is 102 Å². The van der Waals surface area contributed by atoms with E-state index in [1.54, 1.807) is 0 Å². The highest BCUT2D eigenvalue weighted by Gasteiger charge is 2.42. The number of ether oxygens (including phenoxy) is 2. The molecule has 0 saturated carbocycles. The summed E-state index contributed by atoms with van der Waals surface area (Å²) in [4.78, 5) is 28.2. The summed E-state index contributed by atoms with van der Waals surface area (Å²) in [6.07, 6.45) is 0.0205. The van der Waals surface area contributed by atoms with Gasteiger partial charge in [0.1, 0.15) is 36.3 Å². The number of benzene rings is 8. The van der Waals surface area contributed by atoms with Crippen LogP contribution in [-0.4, -0.2) is 22.8 Å². The van der Waals surface area contributed by atoms with Crippen LogP contribution in [0, 0.1) is 0 Å². The topological polar surface area (TPSA) is 61.8 Å². The average Bonchev–Trinajstić information content (AvgIpc) is 4.07. The number of rotatable bonds is 10. The lowest BCUT2D eigenvalue weighted by molar-refractivity contribution is 0.103. The minimum absolute atomic E-state index is 0.0111. The molecule has 0 saturated heterocycles.